The minimum atomic E-state index is 0.406. The Morgan fingerprint density at radius 2 is 2.25 bits per heavy atom. The largest absolute Gasteiger partial charge is 0.328 e. The van der Waals surface area contributed by atoms with Crippen molar-refractivity contribution in [3.63, 3.8) is 0 Å². The molecule has 1 saturated heterocycles. The van der Waals surface area contributed by atoms with E-state index in [1.165, 1.54) is 9.75 Å². The van der Waals surface area contributed by atoms with Gasteiger partial charge in [-0.1, -0.05) is 0 Å². The Morgan fingerprint density at radius 1 is 1.50 bits per heavy atom. The van der Waals surface area contributed by atoms with Crippen molar-refractivity contribution in [2.45, 2.75) is 51.7 Å². The van der Waals surface area contributed by atoms with Crippen molar-refractivity contribution in [3.8, 4) is 0 Å². The molecule has 0 bridgehead atoms. The van der Waals surface area contributed by atoms with Crippen molar-refractivity contribution < 1.29 is 0 Å². The van der Waals surface area contributed by atoms with E-state index in [4.69, 9.17) is 5.73 Å². The van der Waals surface area contributed by atoms with E-state index in [0.29, 0.717) is 18.1 Å². The van der Waals surface area contributed by atoms with Gasteiger partial charge < -0.3 is 5.73 Å². The molecule has 0 amide bonds. The molecule has 0 spiro atoms. The molecule has 0 aliphatic carbocycles. The van der Waals surface area contributed by atoms with Crippen LogP contribution in [0.2, 0.25) is 0 Å². The zero-order valence-electron chi connectivity index (χ0n) is 10.4. The Kier molecular flexibility index (Phi) is 3.67. The molecule has 2 nitrogen and oxygen atoms in total. The lowest BCUT2D eigenvalue weighted by Crippen LogP contribution is -2.46. The summed E-state index contributed by atoms with van der Waals surface area (Å²) in [7, 11) is 0. The first kappa shape index (κ1) is 12.1. The average Bonchev–Trinajstić information content (AvgIpc) is 2.64. The lowest BCUT2D eigenvalue weighted by Gasteiger charge is -2.40. The number of nitrogens with two attached hydrogens (primary N) is 1. The summed E-state index contributed by atoms with van der Waals surface area (Å²) < 4.78 is 0. The molecule has 2 N–H and O–H groups in total. The molecular formula is C13H22N2S. The van der Waals surface area contributed by atoms with E-state index < -0.39 is 0 Å². The van der Waals surface area contributed by atoms with E-state index in [0.717, 1.165) is 19.4 Å². The summed E-state index contributed by atoms with van der Waals surface area (Å²) in [6.07, 6.45) is 2.27. The van der Waals surface area contributed by atoms with Crippen LogP contribution in [0.25, 0.3) is 0 Å². The minimum absolute atomic E-state index is 0.406. The van der Waals surface area contributed by atoms with Crippen LogP contribution >= 0.6 is 11.3 Å². The molecule has 1 aromatic heterocycles. The monoisotopic (exact) mass is 238 g/mol. The first-order valence-electron chi connectivity index (χ1n) is 6.15. The highest BCUT2D eigenvalue weighted by Gasteiger charge is 2.27. The van der Waals surface area contributed by atoms with E-state index in [9.17, 15) is 0 Å². The zero-order chi connectivity index (χ0) is 11.7. The second kappa shape index (κ2) is 4.86. The number of likely N-dealkylation sites (tertiary alicyclic amines) is 1. The summed E-state index contributed by atoms with van der Waals surface area (Å²) in [5, 5.41) is 0. The van der Waals surface area contributed by atoms with Gasteiger partial charge in [0, 0.05) is 34.4 Å². The van der Waals surface area contributed by atoms with Crippen molar-refractivity contribution in [1.82, 2.24) is 4.90 Å². The number of hydrogen-bond donors (Lipinski definition) is 1. The lowest BCUT2D eigenvalue weighted by atomic mass is 9.97. The molecule has 3 heteroatoms. The number of thiophene rings is 1. The van der Waals surface area contributed by atoms with Crippen LogP contribution in [0.5, 0.6) is 0 Å². The zero-order valence-corrected chi connectivity index (χ0v) is 11.3. The lowest BCUT2D eigenvalue weighted by molar-refractivity contribution is 0.106. The van der Waals surface area contributed by atoms with Gasteiger partial charge in [0.1, 0.15) is 0 Å². The Hall–Kier alpha value is -0.380. The fourth-order valence-corrected chi connectivity index (χ4v) is 3.59. The van der Waals surface area contributed by atoms with Crippen LogP contribution in [0.1, 0.15) is 42.5 Å². The van der Waals surface area contributed by atoms with Gasteiger partial charge in [-0.05, 0) is 45.7 Å². The van der Waals surface area contributed by atoms with Crippen LogP contribution in [0.15, 0.2) is 12.1 Å². The third-order valence-corrected chi connectivity index (χ3v) is 4.81. The van der Waals surface area contributed by atoms with Crippen LogP contribution in [0, 0.1) is 6.92 Å². The molecule has 1 aromatic rings. The maximum atomic E-state index is 6.01. The highest BCUT2D eigenvalue weighted by Crippen LogP contribution is 2.31. The summed E-state index contributed by atoms with van der Waals surface area (Å²) in [5.41, 5.74) is 6.01. The van der Waals surface area contributed by atoms with E-state index in [1.807, 2.05) is 11.3 Å². The summed E-state index contributed by atoms with van der Waals surface area (Å²) in [6, 6.07) is 6.05. The third-order valence-electron chi connectivity index (χ3n) is 3.64. The Balaban J connectivity index is 2.07. The first-order chi connectivity index (χ1) is 7.58. The molecule has 3 atom stereocenters. The smallest absolute Gasteiger partial charge is 0.0416 e. The first-order valence-corrected chi connectivity index (χ1v) is 6.97. The number of nitrogens with zero attached hydrogens (tertiary/aromatic N) is 1. The average molecular weight is 238 g/mol. The molecule has 0 aromatic carbocycles. The molecule has 0 saturated carbocycles. The van der Waals surface area contributed by atoms with Crippen LogP contribution in [0.4, 0.5) is 0 Å². The van der Waals surface area contributed by atoms with E-state index in [2.05, 4.69) is 37.8 Å². The Morgan fingerprint density at radius 3 is 2.81 bits per heavy atom. The molecule has 90 valence electrons. The molecule has 2 rings (SSSR count). The SMILES string of the molecule is Cc1ccc(C(C)N2CCC(N)CC2C)s1. The predicted octanol–water partition coefficient (Wildman–Crippen LogP) is 2.93. The molecule has 16 heavy (non-hydrogen) atoms. The van der Waals surface area contributed by atoms with Gasteiger partial charge in [-0.25, -0.2) is 0 Å². The van der Waals surface area contributed by atoms with E-state index >= 15 is 0 Å². The molecule has 1 aliphatic rings. The van der Waals surface area contributed by atoms with Gasteiger partial charge in [-0.2, -0.15) is 0 Å². The highest BCUT2D eigenvalue weighted by atomic mass is 32.1. The number of hydrogen-bond acceptors (Lipinski definition) is 3. The maximum Gasteiger partial charge on any atom is 0.0416 e. The maximum absolute atomic E-state index is 6.01. The fourth-order valence-electron chi connectivity index (χ4n) is 2.64. The molecule has 1 fully saturated rings. The Bertz CT molecular complexity index is 347. The topological polar surface area (TPSA) is 29.3 Å². The number of piperidine rings is 1. The standard InChI is InChI=1S/C13H22N2S/c1-9-8-12(14)6-7-15(9)11(3)13-5-4-10(2)16-13/h4-5,9,11-12H,6-8,14H2,1-3H3. The van der Waals surface area contributed by atoms with Crippen molar-refractivity contribution in [2.75, 3.05) is 6.54 Å². The summed E-state index contributed by atoms with van der Waals surface area (Å²) >= 11 is 1.92. The number of aryl methyl sites for hydroxylation is 1. The molecular weight excluding hydrogens is 216 g/mol. The minimum Gasteiger partial charge on any atom is -0.328 e. The van der Waals surface area contributed by atoms with Crippen molar-refractivity contribution in [1.29, 1.82) is 0 Å². The second-order valence-corrected chi connectivity index (χ2v) is 6.32. The summed E-state index contributed by atoms with van der Waals surface area (Å²) in [4.78, 5) is 5.48. The summed E-state index contributed by atoms with van der Waals surface area (Å²) in [5.74, 6) is 0. The van der Waals surface area contributed by atoms with Gasteiger partial charge in [0.15, 0.2) is 0 Å². The molecule has 3 unspecified atom stereocenters. The van der Waals surface area contributed by atoms with Crippen molar-refractivity contribution >= 4 is 11.3 Å². The van der Waals surface area contributed by atoms with E-state index in [1.54, 1.807) is 0 Å². The van der Waals surface area contributed by atoms with Gasteiger partial charge in [0.2, 0.25) is 0 Å². The fraction of sp³-hybridized carbons (Fsp3) is 0.692. The van der Waals surface area contributed by atoms with Gasteiger partial charge >= 0.3 is 0 Å². The second-order valence-electron chi connectivity index (χ2n) is 5.00. The van der Waals surface area contributed by atoms with Crippen LogP contribution < -0.4 is 5.73 Å². The van der Waals surface area contributed by atoms with Crippen molar-refractivity contribution in [2.24, 2.45) is 5.73 Å². The van der Waals surface area contributed by atoms with E-state index in [-0.39, 0.29) is 0 Å². The Labute approximate surface area is 102 Å². The normalized spacial score (nSPS) is 29.2. The van der Waals surface area contributed by atoms with Crippen LogP contribution in [-0.2, 0) is 0 Å². The van der Waals surface area contributed by atoms with Crippen LogP contribution in [0.3, 0.4) is 0 Å². The van der Waals surface area contributed by atoms with Crippen molar-refractivity contribution in [3.05, 3.63) is 21.9 Å². The third kappa shape index (κ3) is 2.47. The van der Waals surface area contributed by atoms with Gasteiger partial charge in [-0.15, -0.1) is 11.3 Å². The van der Waals surface area contributed by atoms with Gasteiger partial charge in [-0.3, -0.25) is 4.90 Å². The number of rotatable bonds is 2. The summed E-state index contributed by atoms with van der Waals surface area (Å²) in [6.45, 7) is 7.94. The molecule has 2 heterocycles. The van der Waals surface area contributed by atoms with Gasteiger partial charge in [0.25, 0.3) is 0 Å². The van der Waals surface area contributed by atoms with Crippen LogP contribution in [-0.4, -0.2) is 23.5 Å². The predicted molar refractivity (Wildman–Crippen MR) is 70.8 cm³/mol. The highest BCUT2D eigenvalue weighted by molar-refractivity contribution is 7.12. The molecule has 0 radical (unpaired) electrons. The quantitative estimate of drug-likeness (QED) is 0.858. The molecule has 1 aliphatic heterocycles. The van der Waals surface area contributed by atoms with Gasteiger partial charge in [0.05, 0.1) is 0 Å².